The number of amides is 1. The van der Waals surface area contributed by atoms with Crippen LogP contribution in [0.4, 0.5) is 5.82 Å². The first-order valence-electron chi connectivity index (χ1n) is 3.81. The largest absolute Gasteiger partial charge is 0.365 e. The van der Waals surface area contributed by atoms with Gasteiger partial charge >= 0.3 is 0 Å². The van der Waals surface area contributed by atoms with E-state index < -0.39 is 5.91 Å². The molecule has 5 nitrogen and oxygen atoms in total. The minimum Gasteiger partial charge on any atom is -0.365 e. The van der Waals surface area contributed by atoms with Crippen molar-refractivity contribution in [2.45, 2.75) is 0 Å². The topological polar surface area (TPSA) is 77.2 Å². The number of carbonyl (C=O) groups excluding carboxylic acids is 1. The predicted molar refractivity (Wildman–Crippen MR) is 51.2 cm³/mol. The van der Waals surface area contributed by atoms with Crippen LogP contribution in [-0.2, 0) is 4.84 Å². The molecule has 0 aliphatic heterocycles. The van der Waals surface area contributed by atoms with Gasteiger partial charge < -0.3 is 5.73 Å². The molecular formula is C9H9N3O2. The van der Waals surface area contributed by atoms with E-state index in [0.29, 0.717) is 0 Å². The highest BCUT2D eigenvalue weighted by atomic mass is 16.6. The highest BCUT2D eigenvalue weighted by molar-refractivity contribution is 5.97. The molecule has 1 aromatic rings. The van der Waals surface area contributed by atoms with E-state index in [0.717, 1.165) is 0 Å². The predicted octanol–water partition coefficient (Wildman–Crippen LogP) is 0.157. The van der Waals surface area contributed by atoms with Gasteiger partial charge in [0, 0.05) is 6.20 Å². The molecule has 72 valence electrons. The van der Waals surface area contributed by atoms with Crippen molar-refractivity contribution in [3.63, 3.8) is 0 Å². The van der Waals surface area contributed by atoms with Gasteiger partial charge in [0.15, 0.2) is 5.82 Å². The van der Waals surface area contributed by atoms with Crippen molar-refractivity contribution in [1.82, 2.24) is 4.98 Å². The SMILES string of the molecule is C#CCONc1ncccc1C(N)=O. The van der Waals surface area contributed by atoms with Gasteiger partial charge in [-0.1, -0.05) is 5.92 Å². The summed E-state index contributed by atoms with van der Waals surface area (Å²) in [6.45, 7) is 0.0782. The number of nitrogens with one attached hydrogen (secondary N) is 1. The normalized spacial score (nSPS) is 9.07. The van der Waals surface area contributed by atoms with Crippen molar-refractivity contribution in [1.29, 1.82) is 0 Å². The summed E-state index contributed by atoms with van der Waals surface area (Å²) in [5, 5.41) is 0. The fourth-order valence-corrected chi connectivity index (χ4v) is 0.832. The molecule has 0 bridgehead atoms. The van der Waals surface area contributed by atoms with Gasteiger partial charge in [-0.15, -0.1) is 6.42 Å². The molecule has 0 aliphatic carbocycles. The summed E-state index contributed by atoms with van der Waals surface area (Å²) in [6, 6.07) is 3.14. The summed E-state index contributed by atoms with van der Waals surface area (Å²) in [5.74, 6) is 1.94. The Morgan fingerprint density at radius 2 is 2.57 bits per heavy atom. The van der Waals surface area contributed by atoms with E-state index in [-0.39, 0.29) is 18.0 Å². The third kappa shape index (κ3) is 2.47. The molecule has 1 aromatic heterocycles. The molecule has 1 rings (SSSR count). The average molecular weight is 191 g/mol. The number of primary amides is 1. The highest BCUT2D eigenvalue weighted by Gasteiger charge is 2.07. The molecule has 5 heteroatoms. The molecule has 0 spiro atoms. The van der Waals surface area contributed by atoms with Gasteiger partial charge in [-0.05, 0) is 12.1 Å². The Morgan fingerprint density at radius 1 is 1.79 bits per heavy atom. The molecule has 3 N–H and O–H groups in total. The summed E-state index contributed by atoms with van der Waals surface area (Å²) in [6.07, 6.45) is 6.47. The number of rotatable bonds is 4. The minimum absolute atomic E-state index is 0.0782. The number of aromatic nitrogens is 1. The molecule has 0 aromatic carbocycles. The third-order valence-electron chi connectivity index (χ3n) is 1.40. The minimum atomic E-state index is -0.579. The Labute approximate surface area is 81.2 Å². The van der Waals surface area contributed by atoms with Crippen molar-refractivity contribution in [3.8, 4) is 12.3 Å². The van der Waals surface area contributed by atoms with Crippen LogP contribution in [0.25, 0.3) is 0 Å². The zero-order valence-corrected chi connectivity index (χ0v) is 7.36. The number of carbonyl (C=O) groups is 1. The van der Waals surface area contributed by atoms with Crippen LogP contribution >= 0.6 is 0 Å². The van der Waals surface area contributed by atoms with Crippen LogP contribution in [-0.4, -0.2) is 17.5 Å². The van der Waals surface area contributed by atoms with Crippen LogP contribution in [0.2, 0.25) is 0 Å². The van der Waals surface area contributed by atoms with E-state index in [1.807, 2.05) is 0 Å². The van der Waals surface area contributed by atoms with Crippen LogP contribution in [0.3, 0.4) is 0 Å². The van der Waals surface area contributed by atoms with Crippen LogP contribution < -0.4 is 11.2 Å². The van der Waals surface area contributed by atoms with Crippen molar-refractivity contribution in [3.05, 3.63) is 23.9 Å². The lowest BCUT2D eigenvalue weighted by molar-refractivity contribution is 0.0999. The smallest absolute Gasteiger partial charge is 0.252 e. The van der Waals surface area contributed by atoms with Crippen molar-refractivity contribution >= 4 is 11.7 Å². The fraction of sp³-hybridized carbons (Fsp3) is 0.111. The van der Waals surface area contributed by atoms with Gasteiger partial charge in [-0.25, -0.2) is 10.5 Å². The maximum atomic E-state index is 10.9. The monoisotopic (exact) mass is 191 g/mol. The highest BCUT2D eigenvalue weighted by Crippen LogP contribution is 2.09. The Hall–Kier alpha value is -2.06. The molecule has 0 saturated carbocycles. The summed E-state index contributed by atoms with van der Waals surface area (Å²) in [5.41, 5.74) is 7.80. The lowest BCUT2D eigenvalue weighted by atomic mass is 10.2. The van der Waals surface area contributed by atoms with Crippen molar-refractivity contribution in [2.75, 3.05) is 12.1 Å². The van der Waals surface area contributed by atoms with Crippen LogP contribution in [0.15, 0.2) is 18.3 Å². The number of nitrogens with two attached hydrogens (primary N) is 1. The lowest BCUT2D eigenvalue weighted by Crippen LogP contribution is -2.15. The van der Waals surface area contributed by atoms with Gasteiger partial charge in [0.2, 0.25) is 0 Å². The fourth-order valence-electron chi connectivity index (χ4n) is 0.832. The second-order valence-electron chi connectivity index (χ2n) is 2.36. The third-order valence-corrected chi connectivity index (χ3v) is 1.40. The molecule has 0 fully saturated rings. The van der Waals surface area contributed by atoms with Gasteiger partial charge in [0.25, 0.3) is 5.91 Å². The quantitative estimate of drug-likeness (QED) is 0.403. The number of pyridine rings is 1. The number of terminal acetylenes is 1. The standard InChI is InChI=1S/C9H9N3O2/c1-2-6-14-12-9-7(8(10)13)4-3-5-11-9/h1,3-5H,6H2,(H2,10,13)(H,11,12). The summed E-state index contributed by atoms with van der Waals surface area (Å²) in [7, 11) is 0. The first-order chi connectivity index (χ1) is 6.75. The Balaban J connectivity index is 2.75. The Morgan fingerprint density at radius 3 is 3.21 bits per heavy atom. The Kier molecular flexibility index (Phi) is 3.47. The van der Waals surface area contributed by atoms with Crippen LogP contribution in [0.5, 0.6) is 0 Å². The summed E-state index contributed by atoms with van der Waals surface area (Å²) in [4.78, 5) is 19.6. The molecule has 0 radical (unpaired) electrons. The van der Waals surface area contributed by atoms with Gasteiger partial charge in [-0.3, -0.25) is 9.63 Å². The summed E-state index contributed by atoms with van der Waals surface area (Å²) >= 11 is 0. The first kappa shape index (κ1) is 10.0. The molecule has 0 atom stereocenters. The molecule has 1 heterocycles. The van der Waals surface area contributed by atoms with E-state index in [9.17, 15) is 4.79 Å². The lowest BCUT2D eigenvalue weighted by Gasteiger charge is -2.06. The number of anilines is 1. The summed E-state index contributed by atoms with van der Waals surface area (Å²) < 4.78 is 0. The Bertz CT molecular complexity index is 371. The maximum Gasteiger partial charge on any atom is 0.252 e. The van der Waals surface area contributed by atoms with Crippen molar-refractivity contribution in [2.24, 2.45) is 5.73 Å². The number of hydrogen-bond donors (Lipinski definition) is 2. The van der Waals surface area contributed by atoms with E-state index in [1.165, 1.54) is 12.3 Å². The molecule has 14 heavy (non-hydrogen) atoms. The van der Waals surface area contributed by atoms with Gasteiger partial charge in [-0.2, -0.15) is 0 Å². The number of hydrogen-bond acceptors (Lipinski definition) is 4. The van der Waals surface area contributed by atoms with Crippen LogP contribution in [0.1, 0.15) is 10.4 Å². The van der Waals surface area contributed by atoms with E-state index in [4.69, 9.17) is 17.0 Å². The molecule has 0 unspecified atom stereocenters. The second-order valence-corrected chi connectivity index (χ2v) is 2.36. The van der Waals surface area contributed by atoms with E-state index in [1.54, 1.807) is 6.07 Å². The molecule has 0 saturated heterocycles. The van der Waals surface area contributed by atoms with Crippen LogP contribution in [0, 0.1) is 12.3 Å². The van der Waals surface area contributed by atoms with E-state index in [2.05, 4.69) is 16.4 Å². The van der Waals surface area contributed by atoms with Gasteiger partial charge in [0.05, 0.1) is 5.56 Å². The zero-order chi connectivity index (χ0) is 10.4. The first-order valence-corrected chi connectivity index (χ1v) is 3.81. The maximum absolute atomic E-state index is 10.9. The zero-order valence-electron chi connectivity index (χ0n) is 7.36. The van der Waals surface area contributed by atoms with Crippen molar-refractivity contribution < 1.29 is 9.63 Å². The molecule has 0 aliphatic rings. The number of nitrogens with zero attached hydrogens (tertiary/aromatic N) is 1. The van der Waals surface area contributed by atoms with E-state index >= 15 is 0 Å². The average Bonchev–Trinajstić information content (AvgIpc) is 2.19. The van der Waals surface area contributed by atoms with Gasteiger partial charge in [0.1, 0.15) is 6.61 Å². The molecular weight excluding hydrogens is 182 g/mol. The molecule has 1 amide bonds. The second kappa shape index (κ2) is 4.84.